The van der Waals surface area contributed by atoms with Crippen molar-refractivity contribution >= 4 is 28.7 Å². The van der Waals surface area contributed by atoms with Crippen molar-refractivity contribution in [3.63, 3.8) is 0 Å². The number of nitrogens with one attached hydrogen (secondary N) is 1. The van der Waals surface area contributed by atoms with Gasteiger partial charge in [0.05, 0.1) is 11.3 Å². The molecule has 2 N–H and O–H groups in total. The molecule has 0 radical (unpaired) electrons. The molecule has 0 aliphatic heterocycles. The van der Waals surface area contributed by atoms with Gasteiger partial charge in [-0.1, -0.05) is 12.1 Å². The number of aromatic hydroxyl groups is 1. The van der Waals surface area contributed by atoms with Crippen LogP contribution in [0.1, 0.15) is 26.5 Å². The molecular formula is C15H11F3N2O3S. The summed E-state index contributed by atoms with van der Waals surface area (Å²) < 4.78 is 38.9. The Morgan fingerprint density at radius 1 is 1.21 bits per heavy atom. The van der Waals surface area contributed by atoms with Crippen LogP contribution in [0.2, 0.25) is 0 Å². The minimum Gasteiger partial charge on any atom is -0.508 e. The summed E-state index contributed by atoms with van der Waals surface area (Å²) >= 11 is 1.02. The molecule has 2 rings (SSSR count). The van der Waals surface area contributed by atoms with Gasteiger partial charge < -0.3 is 5.11 Å². The number of rotatable bonds is 5. The number of Topliss-reactive ketones (excluding diaryl/α,β-unsaturated/α-hetero) is 1. The maximum Gasteiger partial charge on any atom is 0.431 e. The molecule has 0 saturated carbocycles. The minimum atomic E-state index is -4.86. The zero-order valence-corrected chi connectivity index (χ0v) is 12.8. The van der Waals surface area contributed by atoms with Gasteiger partial charge in [-0.25, -0.2) is 5.43 Å². The summed E-state index contributed by atoms with van der Waals surface area (Å²) in [5.74, 6) is -1.89. The zero-order valence-electron chi connectivity index (χ0n) is 12.0. The predicted molar refractivity (Wildman–Crippen MR) is 82.3 cm³/mol. The number of phenolic OH excluding ortho intramolecular Hbond substituents is 1. The minimum absolute atomic E-state index is 0.0649. The first kappa shape index (κ1) is 17.7. The Kier molecular flexibility index (Phi) is 5.35. The average Bonchev–Trinajstić information content (AvgIpc) is 3.04. The van der Waals surface area contributed by atoms with Gasteiger partial charge in [0.25, 0.3) is 5.91 Å². The highest BCUT2D eigenvalue weighted by atomic mass is 32.1. The number of carbonyl (C=O) groups is 2. The molecule has 1 aromatic carbocycles. The van der Waals surface area contributed by atoms with Gasteiger partial charge in [0.2, 0.25) is 0 Å². The number of amides is 1. The third-order valence-corrected chi connectivity index (χ3v) is 3.76. The number of phenols is 1. The SMILES string of the molecule is O=C(N/N=C(/CC(=O)c1cccs1)C(F)(F)F)c1cccc(O)c1. The molecule has 0 fully saturated rings. The van der Waals surface area contributed by atoms with Crippen LogP contribution in [-0.4, -0.2) is 28.7 Å². The topological polar surface area (TPSA) is 78.8 Å². The average molecular weight is 356 g/mol. The van der Waals surface area contributed by atoms with Gasteiger partial charge in [-0.15, -0.1) is 11.3 Å². The summed E-state index contributed by atoms with van der Waals surface area (Å²) in [5.41, 5.74) is 0.280. The Morgan fingerprint density at radius 2 is 1.96 bits per heavy atom. The van der Waals surface area contributed by atoms with Crippen molar-refractivity contribution in [3.05, 3.63) is 52.2 Å². The number of halogens is 3. The van der Waals surface area contributed by atoms with Crippen molar-refractivity contribution in [1.29, 1.82) is 0 Å². The molecule has 1 aromatic heterocycles. The van der Waals surface area contributed by atoms with Gasteiger partial charge in [0.15, 0.2) is 5.78 Å². The summed E-state index contributed by atoms with van der Waals surface area (Å²) in [5, 5.41) is 13.9. The van der Waals surface area contributed by atoms with Crippen molar-refractivity contribution in [2.24, 2.45) is 5.10 Å². The highest BCUT2D eigenvalue weighted by Crippen LogP contribution is 2.22. The zero-order chi connectivity index (χ0) is 17.7. The third kappa shape index (κ3) is 4.66. The Balaban J connectivity index is 2.14. The molecule has 0 aliphatic carbocycles. The fourth-order valence-corrected chi connectivity index (χ4v) is 2.37. The van der Waals surface area contributed by atoms with E-state index in [4.69, 9.17) is 0 Å². The molecule has 126 valence electrons. The highest BCUT2D eigenvalue weighted by molar-refractivity contribution is 7.12. The lowest BCUT2D eigenvalue weighted by atomic mass is 10.1. The first-order valence-electron chi connectivity index (χ1n) is 6.57. The lowest BCUT2D eigenvalue weighted by molar-refractivity contribution is -0.0605. The van der Waals surface area contributed by atoms with Crippen molar-refractivity contribution in [2.75, 3.05) is 0 Å². The van der Waals surface area contributed by atoms with Crippen LogP contribution in [0.5, 0.6) is 5.75 Å². The fourth-order valence-electron chi connectivity index (χ4n) is 1.71. The molecule has 2 aromatic rings. The van der Waals surface area contributed by atoms with Crippen molar-refractivity contribution < 1.29 is 27.9 Å². The molecule has 0 saturated heterocycles. The summed E-state index contributed by atoms with van der Waals surface area (Å²) in [6.45, 7) is 0. The van der Waals surface area contributed by atoms with Gasteiger partial charge in [-0.05, 0) is 29.6 Å². The van der Waals surface area contributed by atoms with Crippen LogP contribution in [-0.2, 0) is 0 Å². The van der Waals surface area contributed by atoms with Crippen molar-refractivity contribution in [1.82, 2.24) is 5.43 Å². The number of carbonyl (C=O) groups excluding carboxylic acids is 2. The normalized spacial score (nSPS) is 12.0. The monoisotopic (exact) mass is 356 g/mol. The van der Waals surface area contributed by atoms with E-state index in [9.17, 15) is 27.9 Å². The van der Waals surface area contributed by atoms with E-state index in [-0.39, 0.29) is 16.2 Å². The molecule has 9 heteroatoms. The van der Waals surface area contributed by atoms with Crippen LogP contribution >= 0.6 is 11.3 Å². The molecule has 0 bridgehead atoms. The molecule has 1 amide bonds. The number of ketones is 1. The van der Waals surface area contributed by atoms with E-state index in [0.29, 0.717) is 0 Å². The van der Waals surface area contributed by atoms with Crippen LogP contribution in [0.4, 0.5) is 13.2 Å². The van der Waals surface area contributed by atoms with Gasteiger partial charge in [-0.3, -0.25) is 9.59 Å². The van der Waals surface area contributed by atoms with Crippen LogP contribution in [0.15, 0.2) is 46.9 Å². The lowest BCUT2D eigenvalue weighted by Gasteiger charge is -2.10. The number of nitrogens with zero attached hydrogens (tertiary/aromatic N) is 1. The van der Waals surface area contributed by atoms with Gasteiger partial charge in [0, 0.05) is 5.56 Å². The molecule has 24 heavy (non-hydrogen) atoms. The Morgan fingerprint density at radius 3 is 2.54 bits per heavy atom. The molecule has 0 aliphatic rings. The van der Waals surface area contributed by atoms with Crippen molar-refractivity contribution in [2.45, 2.75) is 12.6 Å². The number of benzene rings is 1. The molecule has 5 nitrogen and oxygen atoms in total. The molecule has 0 unspecified atom stereocenters. The Bertz CT molecular complexity index is 771. The standard InChI is InChI=1S/C15H11F3N2O3S/c16-15(17,18)13(8-11(22)12-5-2-6-24-12)19-20-14(23)9-3-1-4-10(21)7-9/h1-7,21H,8H2,(H,20,23)/b19-13-. The van der Waals surface area contributed by atoms with E-state index >= 15 is 0 Å². The molecule has 1 heterocycles. The second kappa shape index (κ2) is 7.26. The number of thiophene rings is 1. The first-order chi connectivity index (χ1) is 11.3. The van der Waals surface area contributed by atoms with E-state index in [1.807, 2.05) is 0 Å². The van der Waals surface area contributed by atoms with Crippen LogP contribution < -0.4 is 5.43 Å². The van der Waals surface area contributed by atoms with Gasteiger partial charge >= 0.3 is 6.18 Å². The largest absolute Gasteiger partial charge is 0.508 e. The maximum atomic E-state index is 13.0. The first-order valence-corrected chi connectivity index (χ1v) is 7.45. The quantitative estimate of drug-likeness (QED) is 0.490. The summed E-state index contributed by atoms with van der Waals surface area (Å²) in [6, 6.07) is 8.00. The summed E-state index contributed by atoms with van der Waals surface area (Å²) in [7, 11) is 0. The van der Waals surface area contributed by atoms with Crippen LogP contribution in [0.3, 0.4) is 0 Å². The fraction of sp³-hybridized carbons (Fsp3) is 0.133. The van der Waals surface area contributed by atoms with E-state index in [1.54, 1.807) is 16.9 Å². The number of hydrazone groups is 1. The molecular weight excluding hydrogens is 345 g/mol. The smallest absolute Gasteiger partial charge is 0.431 e. The number of alkyl halides is 3. The van der Waals surface area contributed by atoms with Gasteiger partial charge in [-0.2, -0.15) is 18.3 Å². The Hall–Kier alpha value is -2.68. The van der Waals surface area contributed by atoms with Crippen molar-refractivity contribution in [3.8, 4) is 5.75 Å². The molecule has 0 spiro atoms. The number of hydrogen-bond acceptors (Lipinski definition) is 5. The van der Waals surface area contributed by atoms with Gasteiger partial charge in [0.1, 0.15) is 11.5 Å². The van der Waals surface area contributed by atoms with Crippen LogP contribution in [0.25, 0.3) is 0 Å². The molecule has 0 atom stereocenters. The highest BCUT2D eigenvalue weighted by Gasteiger charge is 2.37. The summed E-state index contributed by atoms with van der Waals surface area (Å²) in [4.78, 5) is 23.7. The predicted octanol–water partition coefficient (Wildman–Crippen LogP) is 3.37. The second-order valence-corrected chi connectivity index (χ2v) is 5.57. The van der Waals surface area contributed by atoms with E-state index < -0.39 is 30.0 Å². The van der Waals surface area contributed by atoms with E-state index in [1.165, 1.54) is 24.3 Å². The Labute approximate surface area is 138 Å². The maximum absolute atomic E-state index is 13.0. The summed E-state index contributed by atoms with van der Waals surface area (Å²) in [6.07, 6.45) is -5.84. The third-order valence-electron chi connectivity index (χ3n) is 2.85. The van der Waals surface area contributed by atoms with E-state index in [2.05, 4.69) is 5.10 Å². The lowest BCUT2D eigenvalue weighted by Crippen LogP contribution is -2.30. The van der Waals surface area contributed by atoms with E-state index in [0.717, 1.165) is 17.4 Å². The second-order valence-electron chi connectivity index (χ2n) is 4.62. The van der Waals surface area contributed by atoms with Crippen LogP contribution in [0, 0.1) is 0 Å². The number of hydrogen-bond donors (Lipinski definition) is 2.